The summed E-state index contributed by atoms with van der Waals surface area (Å²) >= 11 is 0. The first kappa shape index (κ1) is 20.9. The largest absolute Gasteiger partial charge is 0.451 e. The number of benzene rings is 1. The predicted molar refractivity (Wildman–Crippen MR) is 94.7 cm³/mol. The van der Waals surface area contributed by atoms with E-state index < -0.39 is 41.4 Å². The maximum absolute atomic E-state index is 14.1. The molecule has 1 aromatic carbocycles. The van der Waals surface area contributed by atoms with Crippen molar-refractivity contribution in [2.75, 3.05) is 13.1 Å². The zero-order valence-corrected chi connectivity index (χ0v) is 15.8. The highest BCUT2D eigenvalue weighted by Crippen LogP contribution is 2.35. The Labute approximate surface area is 168 Å². The Morgan fingerprint density at radius 3 is 2.47 bits per heavy atom. The summed E-state index contributed by atoms with van der Waals surface area (Å²) in [7, 11) is 0. The van der Waals surface area contributed by atoms with Crippen molar-refractivity contribution < 1.29 is 26.3 Å². The van der Waals surface area contributed by atoms with Gasteiger partial charge in [-0.05, 0) is 24.5 Å². The molecule has 1 aliphatic heterocycles. The van der Waals surface area contributed by atoms with Crippen LogP contribution in [-0.2, 0) is 19.3 Å². The highest BCUT2D eigenvalue weighted by Gasteiger charge is 2.39. The summed E-state index contributed by atoms with van der Waals surface area (Å²) in [6.07, 6.45) is -1.88. The van der Waals surface area contributed by atoms with E-state index in [1.807, 2.05) is 11.0 Å². The fourth-order valence-corrected chi connectivity index (χ4v) is 4.15. The summed E-state index contributed by atoms with van der Waals surface area (Å²) in [6.45, 7) is 1.22. The number of aromatic nitrogens is 3. The van der Waals surface area contributed by atoms with Gasteiger partial charge in [-0.25, -0.2) is 13.2 Å². The molecule has 4 rings (SSSR count). The van der Waals surface area contributed by atoms with Crippen LogP contribution in [0.2, 0.25) is 0 Å². The van der Waals surface area contributed by atoms with Gasteiger partial charge in [0, 0.05) is 37.7 Å². The molecule has 1 aromatic heterocycles. The minimum atomic E-state index is -4.55. The summed E-state index contributed by atoms with van der Waals surface area (Å²) in [5.41, 5.74) is 7.21. The lowest BCUT2D eigenvalue weighted by atomic mass is 9.80. The normalized spacial score (nSPS) is 22.7. The average molecular weight is 431 g/mol. The van der Waals surface area contributed by atoms with Crippen molar-refractivity contribution >= 4 is 0 Å². The van der Waals surface area contributed by atoms with Crippen molar-refractivity contribution in [1.82, 2.24) is 19.7 Å². The molecule has 0 fully saturated rings. The van der Waals surface area contributed by atoms with Gasteiger partial charge in [0.2, 0.25) is 5.82 Å². The Bertz CT molecular complexity index is 983. The van der Waals surface area contributed by atoms with E-state index in [0.717, 1.165) is 16.2 Å². The summed E-state index contributed by atoms with van der Waals surface area (Å²) in [5, 5.41) is 6.92. The molecule has 2 atom stereocenters. The number of fused-ring (bicyclic) bond motifs is 1. The Morgan fingerprint density at radius 1 is 1.03 bits per heavy atom. The molecule has 0 saturated heterocycles. The fourth-order valence-electron chi connectivity index (χ4n) is 4.15. The van der Waals surface area contributed by atoms with Crippen molar-refractivity contribution in [2.45, 2.75) is 44.1 Å². The fraction of sp³-hybridized carbons (Fsp3) is 0.474. The third kappa shape index (κ3) is 3.95. The molecule has 1 aliphatic carbocycles. The van der Waals surface area contributed by atoms with E-state index in [-0.39, 0.29) is 24.5 Å². The van der Waals surface area contributed by atoms with Crippen LogP contribution in [0.1, 0.15) is 36.0 Å². The van der Waals surface area contributed by atoms with Crippen molar-refractivity contribution in [3.63, 3.8) is 0 Å². The molecular formula is C19H19F6N5. The van der Waals surface area contributed by atoms with Gasteiger partial charge in [-0.3, -0.25) is 4.90 Å². The number of rotatable bonds is 3. The topological polar surface area (TPSA) is 60.0 Å². The van der Waals surface area contributed by atoms with E-state index >= 15 is 0 Å². The van der Waals surface area contributed by atoms with Crippen LogP contribution in [0.3, 0.4) is 0 Å². The first-order valence-corrected chi connectivity index (χ1v) is 9.43. The molecule has 2 N–H and O–H groups in total. The minimum Gasteiger partial charge on any atom is -0.327 e. The SMILES string of the molecule is NC1CC(CN2CCn3c(nnc3C(F)(F)F)C2)=CCC1c1cc(F)c(F)cc1F. The van der Waals surface area contributed by atoms with Crippen molar-refractivity contribution in [1.29, 1.82) is 0 Å². The van der Waals surface area contributed by atoms with Crippen LogP contribution in [-0.4, -0.2) is 38.8 Å². The van der Waals surface area contributed by atoms with E-state index in [2.05, 4.69) is 10.2 Å². The van der Waals surface area contributed by atoms with Gasteiger partial charge in [-0.1, -0.05) is 11.6 Å². The molecule has 2 aliphatic rings. The lowest BCUT2D eigenvalue weighted by Gasteiger charge is -2.33. The molecule has 5 nitrogen and oxygen atoms in total. The third-order valence-electron chi connectivity index (χ3n) is 5.63. The number of nitrogens with two attached hydrogens (primary N) is 1. The average Bonchev–Trinajstić information content (AvgIpc) is 3.09. The van der Waals surface area contributed by atoms with E-state index in [0.29, 0.717) is 32.0 Å². The first-order valence-electron chi connectivity index (χ1n) is 9.43. The zero-order chi connectivity index (χ0) is 21.6. The maximum atomic E-state index is 14.1. The second-order valence-corrected chi connectivity index (χ2v) is 7.66. The number of alkyl halides is 3. The lowest BCUT2D eigenvalue weighted by molar-refractivity contribution is -0.148. The summed E-state index contributed by atoms with van der Waals surface area (Å²) < 4.78 is 80.7. The molecule has 162 valence electrons. The van der Waals surface area contributed by atoms with Crippen LogP contribution >= 0.6 is 0 Å². The quantitative estimate of drug-likeness (QED) is 0.460. The molecular weight excluding hydrogens is 412 g/mol. The first-order chi connectivity index (χ1) is 14.1. The number of hydrogen-bond donors (Lipinski definition) is 1. The van der Waals surface area contributed by atoms with Gasteiger partial charge in [0.15, 0.2) is 11.6 Å². The molecule has 0 spiro atoms. The zero-order valence-electron chi connectivity index (χ0n) is 15.8. The number of nitrogens with zero attached hydrogens (tertiary/aromatic N) is 4. The van der Waals surface area contributed by atoms with Crippen molar-refractivity contribution in [2.24, 2.45) is 5.73 Å². The summed E-state index contributed by atoms with van der Waals surface area (Å²) in [6, 6.07) is 0.883. The standard InChI is InChI=1S/C19H19F6N5/c20-13-7-15(22)14(21)6-12(13)11-2-1-10(5-16(11)26)8-29-3-4-30-17(9-29)27-28-18(30)19(23,24)25/h1,6-7,11,16H,2-5,8-9,26H2. The van der Waals surface area contributed by atoms with Crippen LogP contribution in [0.25, 0.3) is 0 Å². The van der Waals surface area contributed by atoms with Gasteiger partial charge >= 0.3 is 6.18 Å². The highest BCUT2D eigenvalue weighted by atomic mass is 19.4. The lowest BCUT2D eigenvalue weighted by Crippen LogP contribution is -2.39. The smallest absolute Gasteiger partial charge is 0.327 e. The van der Waals surface area contributed by atoms with E-state index in [1.165, 1.54) is 0 Å². The van der Waals surface area contributed by atoms with Crippen molar-refractivity contribution in [3.8, 4) is 0 Å². The van der Waals surface area contributed by atoms with Gasteiger partial charge in [-0.15, -0.1) is 10.2 Å². The number of allylic oxidation sites excluding steroid dienone is 1. The van der Waals surface area contributed by atoms with Crippen LogP contribution in [0, 0.1) is 17.5 Å². The Kier molecular flexibility index (Phi) is 5.35. The molecule has 30 heavy (non-hydrogen) atoms. The molecule has 2 heterocycles. The second-order valence-electron chi connectivity index (χ2n) is 7.66. The molecule has 0 amide bonds. The van der Waals surface area contributed by atoms with Gasteiger partial charge < -0.3 is 10.3 Å². The third-order valence-corrected chi connectivity index (χ3v) is 5.63. The Balaban J connectivity index is 1.44. The van der Waals surface area contributed by atoms with E-state index in [1.54, 1.807) is 0 Å². The van der Waals surface area contributed by atoms with Crippen LogP contribution in [0.4, 0.5) is 26.3 Å². The van der Waals surface area contributed by atoms with Crippen molar-refractivity contribution in [3.05, 3.63) is 58.4 Å². The van der Waals surface area contributed by atoms with Gasteiger partial charge in [0.05, 0.1) is 6.54 Å². The van der Waals surface area contributed by atoms with Crippen LogP contribution in [0.15, 0.2) is 23.8 Å². The van der Waals surface area contributed by atoms with Gasteiger partial charge in [0.25, 0.3) is 0 Å². The maximum Gasteiger partial charge on any atom is 0.451 e. The van der Waals surface area contributed by atoms with E-state index in [9.17, 15) is 26.3 Å². The van der Waals surface area contributed by atoms with Gasteiger partial charge in [0.1, 0.15) is 11.6 Å². The molecule has 11 heteroatoms. The molecule has 0 saturated carbocycles. The van der Waals surface area contributed by atoms with E-state index in [4.69, 9.17) is 5.73 Å². The number of hydrogen-bond acceptors (Lipinski definition) is 4. The summed E-state index contributed by atoms with van der Waals surface area (Å²) in [4.78, 5) is 1.95. The van der Waals surface area contributed by atoms with Crippen LogP contribution in [0.5, 0.6) is 0 Å². The number of halogens is 6. The molecule has 0 bridgehead atoms. The van der Waals surface area contributed by atoms with Crippen LogP contribution < -0.4 is 5.73 Å². The second kappa shape index (κ2) is 7.69. The Morgan fingerprint density at radius 2 is 1.77 bits per heavy atom. The molecule has 2 unspecified atom stereocenters. The highest BCUT2D eigenvalue weighted by molar-refractivity contribution is 5.29. The predicted octanol–water partition coefficient (Wildman–Crippen LogP) is 3.36. The molecule has 2 aromatic rings. The van der Waals surface area contributed by atoms with Gasteiger partial charge in [-0.2, -0.15) is 13.2 Å². The Hall–Kier alpha value is -2.40. The minimum absolute atomic E-state index is 0.0439. The molecule has 0 radical (unpaired) electrons. The summed E-state index contributed by atoms with van der Waals surface area (Å²) in [5.74, 6) is -4.43. The monoisotopic (exact) mass is 431 g/mol.